The first-order chi connectivity index (χ1) is 17.4. The van der Waals surface area contributed by atoms with Gasteiger partial charge in [0, 0.05) is 11.3 Å². The maximum Gasteiger partial charge on any atom is 0.322 e. The van der Waals surface area contributed by atoms with Crippen LogP contribution in [0.5, 0.6) is 5.75 Å². The Morgan fingerprint density at radius 1 is 1.06 bits per heavy atom. The van der Waals surface area contributed by atoms with Crippen LogP contribution in [0.25, 0.3) is 17.0 Å². The molecule has 0 fully saturated rings. The van der Waals surface area contributed by atoms with E-state index in [9.17, 15) is 9.18 Å². The quantitative estimate of drug-likeness (QED) is 0.369. The van der Waals surface area contributed by atoms with Crippen molar-refractivity contribution in [2.24, 2.45) is 0 Å². The van der Waals surface area contributed by atoms with Crippen LogP contribution in [0.1, 0.15) is 35.5 Å². The number of amides is 2. The predicted octanol–water partition coefficient (Wildman–Crippen LogP) is 5.89. The van der Waals surface area contributed by atoms with E-state index in [1.165, 1.54) is 12.1 Å². The zero-order chi connectivity index (χ0) is 25.2. The molecule has 182 valence electrons. The van der Waals surface area contributed by atoms with E-state index in [4.69, 9.17) is 9.26 Å². The normalized spacial score (nSPS) is 15.7. The van der Waals surface area contributed by atoms with Gasteiger partial charge in [-0.25, -0.2) is 9.18 Å². The number of carbonyl (C=O) groups is 1. The third kappa shape index (κ3) is 4.57. The molecule has 7 nitrogen and oxygen atoms in total. The molecule has 1 atom stereocenters. The minimum atomic E-state index is -0.494. The molecule has 1 aliphatic heterocycles. The first-order valence-corrected chi connectivity index (χ1v) is 11.5. The van der Waals surface area contributed by atoms with Crippen LogP contribution in [0.15, 0.2) is 83.0 Å². The summed E-state index contributed by atoms with van der Waals surface area (Å²) in [6.07, 6.45) is 0. The van der Waals surface area contributed by atoms with E-state index in [2.05, 4.69) is 15.5 Å². The number of aromatic nitrogens is 2. The summed E-state index contributed by atoms with van der Waals surface area (Å²) in [4.78, 5) is 19.5. The third-order valence-electron chi connectivity index (χ3n) is 6.25. The Morgan fingerprint density at radius 3 is 2.50 bits per heavy atom. The predicted molar refractivity (Wildman–Crippen MR) is 133 cm³/mol. The van der Waals surface area contributed by atoms with Gasteiger partial charge >= 0.3 is 6.03 Å². The van der Waals surface area contributed by atoms with E-state index in [0.29, 0.717) is 23.4 Å². The Hall–Kier alpha value is -4.46. The van der Waals surface area contributed by atoms with E-state index in [1.807, 2.05) is 62.4 Å². The van der Waals surface area contributed by atoms with Crippen molar-refractivity contribution in [1.82, 2.24) is 20.4 Å². The molecule has 2 amide bonds. The average Bonchev–Trinajstić information content (AvgIpc) is 3.37. The first kappa shape index (κ1) is 23.3. The summed E-state index contributed by atoms with van der Waals surface area (Å²) in [5, 5.41) is 7.19. The molecule has 36 heavy (non-hydrogen) atoms. The molecule has 0 aliphatic carbocycles. The van der Waals surface area contributed by atoms with Gasteiger partial charge < -0.3 is 14.6 Å². The van der Waals surface area contributed by atoms with Crippen LogP contribution >= 0.6 is 0 Å². The highest BCUT2D eigenvalue weighted by Gasteiger charge is 2.35. The second kappa shape index (κ2) is 9.65. The van der Waals surface area contributed by atoms with Crippen molar-refractivity contribution >= 4 is 11.6 Å². The molecular weight excluding hydrogens is 459 g/mol. The third-order valence-corrected chi connectivity index (χ3v) is 6.25. The molecule has 0 bridgehead atoms. The number of nitrogens with one attached hydrogen (secondary N) is 1. The number of hydrogen-bond acceptors (Lipinski definition) is 5. The number of aryl methyl sites for hydroxylation is 1. The number of carbonyl (C=O) groups excluding carboxylic acids is 1. The Balaban J connectivity index is 1.57. The van der Waals surface area contributed by atoms with Crippen LogP contribution in [0.2, 0.25) is 0 Å². The molecule has 2 heterocycles. The summed E-state index contributed by atoms with van der Waals surface area (Å²) < 4.78 is 24.7. The molecule has 0 saturated carbocycles. The molecule has 0 radical (unpaired) electrons. The van der Waals surface area contributed by atoms with Crippen molar-refractivity contribution in [2.75, 3.05) is 7.11 Å². The van der Waals surface area contributed by atoms with Gasteiger partial charge in [-0.1, -0.05) is 59.3 Å². The van der Waals surface area contributed by atoms with Crippen molar-refractivity contribution in [1.29, 1.82) is 0 Å². The lowest BCUT2D eigenvalue weighted by Gasteiger charge is -2.35. The molecule has 1 aliphatic rings. The Bertz CT molecular complexity index is 1430. The van der Waals surface area contributed by atoms with Gasteiger partial charge in [-0.15, -0.1) is 0 Å². The number of rotatable bonds is 6. The Kier molecular flexibility index (Phi) is 6.25. The molecule has 1 aromatic heterocycles. The van der Waals surface area contributed by atoms with Crippen molar-refractivity contribution in [3.63, 3.8) is 0 Å². The van der Waals surface area contributed by atoms with Gasteiger partial charge in [0.2, 0.25) is 5.82 Å². The van der Waals surface area contributed by atoms with Gasteiger partial charge in [-0.3, -0.25) is 4.90 Å². The van der Waals surface area contributed by atoms with E-state index in [1.54, 1.807) is 24.1 Å². The SMILES string of the molecule is COc1ccc(CN2C(=O)NC(c3ccc(C)cc3)C(c3nc(-c4cccc(F)c4)no3)=C2C)cc1. The van der Waals surface area contributed by atoms with Gasteiger partial charge in [0.05, 0.1) is 25.3 Å². The second-order valence-electron chi connectivity index (χ2n) is 8.66. The number of ether oxygens (including phenoxy) is 1. The highest BCUT2D eigenvalue weighted by molar-refractivity contribution is 5.86. The highest BCUT2D eigenvalue weighted by atomic mass is 19.1. The molecule has 1 unspecified atom stereocenters. The molecule has 0 spiro atoms. The van der Waals surface area contributed by atoms with Crippen LogP contribution in [0.3, 0.4) is 0 Å². The minimum Gasteiger partial charge on any atom is -0.497 e. The van der Waals surface area contributed by atoms with E-state index >= 15 is 0 Å². The summed E-state index contributed by atoms with van der Waals surface area (Å²) in [5.74, 6) is 0.885. The van der Waals surface area contributed by atoms with Crippen molar-refractivity contribution in [3.05, 3.63) is 107 Å². The van der Waals surface area contributed by atoms with Crippen molar-refractivity contribution in [2.45, 2.75) is 26.4 Å². The monoisotopic (exact) mass is 484 g/mol. The number of urea groups is 1. The van der Waals surface area contributed by atoms with Crippen LogP contribution in [0, 0.1) is 12.7 Å². The summed E-state index contributed by atoms with van der Waals surface area (Å²) in [7, 11) is 1.61. The topological polar surface area (TPSA) is 80.5 Å². The van der Waals surface area contributed by atoms with E-state index in [0.717, 1.165) is 22.4 Å². The summed E-state index contributed by atoms with van der Waals surface area (Å²) in [6, 6.07) is 20.8. The fraction of sp³-hybridized carbons (Fsp3) is 0.179. The number of halogens is 1. The standard InChI is InChI=1S/C28H25FN4O3/c1-17-7-11-20(12-8-17)25-24(27-31-26(32-36-27)21-5-4-6-22(29)15-21)18(2)33(28(34)30-25)16-19-9-13-23(35-3)14-10-19/h4-15,25H,16H2,1-3H3,(H,30,34). The highest BCUT2D eigenvalue weighted by Crippen LogP contribution is 2.38. The molecule has 8 heteroatoms. The van der Waals surface area contributed by atoms with Gasteiger partial charge in [0.15, 0.2) is 0 Å². The fourth-order valence-corrected chi connectivity index (χ4v) is 4.25. The lowest BCUT2D eigenvalue weighted by Crippen LogP contribution is -2.45. The Labute approximate surface area is 208 Å². The van der Waals surface area contributed by atoms with Crippen molar-refractivity contribution < 1.29 is 18.4 Å². The molecule has 5 rings (SSSR count). The van der Waals surface area contributed by atoms with Crippen LogP contribution in [-0.4, -0.2) is 28.2 Å². The summed E-state index contributed by atoms with van der Waals surface area (Å²) in [6.45, 7) is 4.21. The van der Waals surface area contributed by atoms with Gasteiger partial charge in [0.25, 0.3) is 5.89 Å². The zero-order valence-electron chi connectivity index (χ0n) is 20.2. The lowest BCUT2D eigenvalue weighted by atomic mass is 9.94. The minimum absolute atomic E-state index is 0.234. The van der Waals surface area contributed by atoms with Gasteiger partial charge in [0.1, 0.15) is 11.6 Å². The summed E-state index contributed by atoms with van der Waals surface area (Å²) >= 11 is 0. The van der Waals surface area contributed by atoms with E-state index < -0.39 is 6.04 Å². The number of nitrogens with zero attached hydrogens (tertiary/aromatic N) is 3. The largest absolute Gasteiger partial charge is 0.497 e. The van der Waals surface area contributed by atoms with Crippen LogP contribution in [0.4, 0.5) is 9.18 Å². The van der Waals surface area contributed by atoms with Crippen LogP contribution in [-0.2, 0) is 6.54 Å². The molecular formula is C28H25FN4O3. The fourth-order valence-electron chi connectivity index (χ4n) is 4.25. The number of benzene rings is 3. The van der Waals surface area contributed by atoms with Crippen molar-refractivity contribution in [3.8, 4) is 17.1 Å². The molecule has 3 aromatic carbocycles. The zero-order valence-corrected chi connectivity index (χ0v) is 20.2. The smallest absolute Gasteiger partial charge is 0.322 e. The van der Waals surface area contributed by atoms with E-state index in [-0.39, 0.29) is 23.6 Å². The number of hydrogen-bond donors (Lipinski definition) is 1. The molecule has 1 N–H and O–H groups in total. The molecule has 0 saturated heterocycles. The maximum atomic E-state index is 13.8. The van der Waals surface area contributed by atoms with Crippen LogP contribution < -0.4 is 10.1 Å². The summed E-state index contributed by atoms with van der Waals surface area (Å²) in [5.41, 5.74) is 4.81. The maximum absolute atomic E-state index is 13.8. The lowest BCUT2D eigenvalue weighted by molar-refractivity contribution is 0.203. The average molecular weight is 485 g/mol. The molecule has 4 aromatic rings. The van der Waals surface area contributed by atoms with Gasteiger partial charge in [-0.05, 0) is 49.2 Å². The second-order valence-corrected chi connectivity index (χ2v) is 8.66. The number of methoxy groups -OCH3 is 1. The van der Waals surface area contributed by atoms with Gasteiger partial charge in [-0.2, -0.15) is 4.98 Å². The Morgan fingerprint density at radius 2 is 1.81 bits per heavy atom. The first-order valence-electron chi connectivity index (χ1n) is 11.5. The number of allylic oxidation sites excluding steroid dienone is 1.